The van der Waals surface area contributed by atoms with Crippen molar-refractivity contribution in [2.75, 3.05) is 0 Å². The van der Waals surface area contributed by atoms with E-state index in [-0.39, 0.29) is 18.9 Å². The predicted octanol–water partition coefficient (Wildman–Crippen LogP) is 1.66. The lowest BCUT2D eigenvalue weighted by atomic mass is 10.0. The standard InChI is InChI=1S/C14H15N3O3S/c1-2-11-13(21-17-16-11)14(20)15-8-10-6-4-3-5-9(10)7-12(18)19/h3-6H,2,7-8H2,1H3,(H,15,20)(H,18,19). The van der Waals surface area contributed by atoms with Crippen LogP contribution in [0.2, 0.25) is 0 Å². The molecule has 0 spiro atoms. The number of carbonyl (C=O) groups excluding carboxylic acids is 1. The smallest absolute Gasteiger partial charge is 0.307 e. The number of aryl methyl sites for hydroxylation is 1. The Kier molecular flexibility index (Phi) is 4.99. The van der Waals surface area contributed by atoms with Crippen molar-refractivity contribution < 1.29 is 14.7 Å². The van der Waals surface area contributed by atoms with Gasteiger partial charge in [0, 0.05) is 6.54 Å². The van der Waals surface area contributed by atoms with Gasteiger partial charge in [0.2, 0.25) is 0 Å². The van der Waals surface area contributed by atoms with Gasteiger partial charge in [-0.2, -0.15) is 0 Å². The summed E-state index contributed by atoms with van der Waals surface area (Å²) in [6.07, 6.45) is 0.587. The number of amides is 1. The average molecular weight is 305 g/mol. The van der Waals surface area contributed by atoms with Crippen molar-refractivity contribution in [3.05, 3.63) is 46.0 Å². The zero-order chi connectivity index (χ0) is 15.2. The first kappa shape index (κ1) is 15.1. The van der Waals surface area contributed by atoms with E-state index in [0.717, 1.165) is 17.1 Å². The van der Waals surface area contributed by atoms with E-state index in [0.29, 0.717) is 22.6 Å². The summed E-state index contributed by atoms with van der Waals surface area (Å²) in [5.41, 5.74) is 2.17. The van der Waals surface area contributed by atoms with Crippen LogP contribution < -0.4 is 5.32 Å². The Balaban J connectivity index is 2.06. The maximum atomic E-state index is 12.1. The molecule has 1 amide bonds. The molecule has 0 fully saturated rings. The second-order valence-corrected chi connectivity index (χ2v) is 5.18. The summed E-state index contributed by atoms with van der Waals surface area (Å²) in [4.78, 5) is 23.4. The van der Waals surface area contributed by atoms with Gasteiger partial charge in [0.05, 0.1) is 12.1 Å². The van der Waals surface area contributed by atoms with Crippen LogP contribution in [0.4, 0.5) is 0 Å². The molecule has 2 N–H and O–H groups in total. The molecular weight excluding hydrogens is 290 g/mol. The first-order chi connectivity index (χ1) is 10.1. The van der Waals surface area contributed by atoms with Gasteiger partial charge in [-0.15, -0.1) is 5.10 Å². The normalized spacial score (nSPS) is 10.3. The minimum atomic E-state index is -0.895. The number of aliphatic carboxylic acids is 1. The summed E-state index contributed by atoms with van der Waals surface area (Å²) in [7, 11) is 0. The van der Waals surface area contributed by atoms with Crippen LogP contribution in [0.25, 0.3) is 0 Å². The number of carbonyl (C=O) groups is 2. The first-order valence-corrected chi connectivity index (χ1v) is 7.27. The highest BCUT2D eigenvalue weighted by molar-refractivity contribution is 7.08. The SMILES string of the molecule is CCc1nnsc1C(=O)NCc1ccccc1CC(=O)O. The number of hydrogen-bond donors (Lipinski definition) is 2. The molecule has 6 nitrogen and oxygen atoms in total. The van der Waals surface area contributed by atoms with E-state index in [2.05, 4.69) is 14.9 Å². The van der Waals surface area contributed by atoms with Crippen molar-refractivity contribution in [1.29, 1.82) is 0 Å². The molecule has 2 aromatic rings. The van der Waals surface area contributed by atoms with Crippen molar-refractivity contribution in [3.63, 3.8) is 0 Å². The summed E-state index contributed by atoms with van der Waals surface area (Å²) in [5, 5.41) is 15.6. The van der Waals surface area contributed by atoms with Crippen LogP contribution in [0.1, 0.15) is 33.4 Å². The van der Waals surface area contributed by atoms with Crippen LogP contribution in [0.5, 0.6) is 0 Å². The van der Waals surface area contributed by atoms with E-state index < -0.39 is 5.97 Å². The highest BCUT2D eigenvalue weighted by Gasteiger charge is 2.15. The van der Waals surface area contributed by atoms with Gasteiger partial charge in [-0.25, -0.2) is 0 Å². The molecule has 1 aromatic carbocycles. The lowest BCUT2D eigenvalue weighted by Crippen LogP contribution is -2.23. The largest absolute Gasteiger partial charge is 0.481 e. The van der Waals surface area contributed by atoms with Gasteiger partial charge in [0.15, 0.2) is 0 Å². The van der Waals surface area contributed by atoms with Gasteiger partial charge < -0.3 is 10.4 Å². The summed E-state index contributed by atoms with van der Waals surface area (Å²) >= 11 is 1.06. The highest BCUT2D eigenvalue weighted by Crippen LogP contribution is 2.13. The van der Waals surface area contributed by atoms with Crippen molar-refractivity contribution in [2.24, 2.45) is 0 Å². The van der Waals surface area contributed by atoms with Crippen LogP contribution in [-0.2, 0) is 24.2 Å². The molecule has 110 valence electrons. The molecule has 0 saturated carbocycles. The number of nitrogens with one attached hydrogen (secondary N) is 1. The minimum Gasteiger partial charge on any atom is -0.481 e. The quantitative estimate of drug-likeness (QED) is 0.846. The zero-order valence-corrected chi connectivity index (χ0v) is 12.3. The average Bonchev–Trinajstić information content (AvgIpc) is 2.94. The molecular formula is C14H15N3O3S. The second kappa shape index (κ2) is 6.94. The third-order valence-electron chi connectivity index (χ3n) is 3.00. The molecule has 0 saturated heterocycles. The molecule has 0 unspecified atom stereocenters. The summed E-state index contributed by atoms with van der Waals surface area (Å²) < 4.78 is 3.78. The maximum absolute atomic E-state index is 12.1. The Morgan fingerprint density at radius 1 is 1.29 bits per heavy atom. The molecule has 1 aromatic heterocycles. The van der Waals surface area contributed by atoms with Crippen LogP contribution >= 0.6 is 11.5 Å². The summed E-state index contributed by atoms with van der Waals surface area (Å²) in [6.45, 7) is 2.19. The van der Waals surface area contributed by atoms with Gasteiger partial charge in [0.1, 0.15) is 4.88 Å². The Morgan fingerprint density at radius 2 is 2.00 bits per heavy atom. The molecule has 0 bridgehead atoms. The fourth-order valence-electron chi connectivity index (χ4n) is 1.93. The minimum absolute atomic E-state index is 0.0611. The van der Waals surface area contributed by atoms with E-state index in [1.165, 1.54) is 0 Å². The highest BCUT2D eigenvalue weighted by atomic mass is 32.1. The Morgan fingerprint density at radius 3 is 2.67 bits per heavy atom. The fraction of sp³-hybridized carbons (Fsp3) is 0.286. The topological polar surface area (TPSA) is 92.2 Å². The van der Waals surface area contributed by atoms with Crippen LogP contribution in [0.3, 0.4) is 0 Å². The monoisotopic (exact) mass is 305 g/mol. The van der Waals surface area contributed by atoms with Crippen molar-refractivity contribution in [1.82, 2.24) is 14.9 Å². The van der Waals surface area contributed by atoms with Crippen LogP contribution in [-0.4, -0.2) is 26.6 Å². The number of carboxylic acids is 1. The fourth-order valence-corrected chi connectivity index (χ4v) is 2.60. The maximum Gasteiger partial charge on any atom is 0.307 e. The molecule has 21 heavy (non-hydrogen) atoms. The molecule has 1 heterocycles. The Bertz CT molecular complexity index is 654. The molecule has 0 radical (unpaired) electrons. The van der Waals surface area contributed by atoms with E-state index in [1.54, 1.807) is 12.1 Å². The lowest BCUT2D eigenvalue weighted by Gasteiger charge is -2.09. The molecule has 2 rings (SSSR count). The van der Waals surface area contributed by atoms with E-state index >= 15 is 0 Å². The van der Waals surface area contributed by atoms with E-state index in [1.807, 2.05) is 19.1 Å². The van der Waals surface area contributed by atoms with Crippen LogP contribution in [0.15, 0.2) is 24.3 Å². The second-order valence-electron chi connectivity index (χ2n) is 4.42. The number of aromatic nitrogens is 2. The third kappa shape index (κ3) is 3.85. The van der Waals surface area contributed by atoms with Crippen molar-refractivity contribution in [2.45, 2.75) is 26.3 Å². The van der Waals surface area contributed by atoms with Gasteiger partial charge in [-0.05, 0) is 29.1 Å². The van der Waals surface area contributed by atoms with Crippen molar-refractivity contribution >= 4 is 23.4 Å². The number of hydrogen-bond acceptors (Lipinski definition) is 5. The number of benzene rings is 1. The van der Waals surface area contributed by atoms with E-state index in [4.69, 9.17) is 5.11 Å². The van der Waals surface area contributed by atoms with Gasteiger partial charge in [-0.3, -0.25) is 9.59 Å². The predicted molar refractivity (Wildman–Crippen MR) is 78.2 cm³/mol. The number of nitrogens with zero attached hydrogens (tertiary/aromatic N) is 2. The van der Waals surface area contributed by atoms with Crippen LogP contribution in [0, 0.1) is 0 Å². The van der Waals surface area contributed by atoms with Crippen molar-refractivity contribution in [3.8, 4) is 0 Å². The van der Waals surface area contributed by atoms with Gasteiger partial charge in [-0.1, -0.05) is 35.7 Å². The third-order valence-corrected chi connectivity index (χ3v) is 3.76. The summed E-state index contributed by atoms with van der Waals surface area (Å²) in [5.74, 6) is -1.12. The molecule has 7 heteroatoms. The molecule has 0 aliphatic rings. The zero-order valence-electron chi connectivity index (χ0n) is 11.5. The van der Waals surface area contributed by atoms with Gasteiger partial charge in [0.25, 0.3) is 5.91 Å². The summed E-state index contributed by atoms with van der Waals surface area (Å²) in [6, 6.07) is 7.16. The molecule has 0 aliphatic carbocycles. The molecule has 0 atom stereocenters. The Hall–Kier alpha value is -2.28. The van der Waals surface area contributed by atoms with E-state index in [9.17, 15) is 9.59 Å². The Labute approximate surface area is 126 Å². The first-order valence-electron chi connectivity index (χ1n) is 6.49. The molecule has 0 aliphatic heterocycles. The number of rotatable bonds is 6. The lowest BCUT2D eigenvalue weighted by molar-refractivity contribution is -0.136. The number of carboxylic acid groups (broad SMARTS) is 1. The van der Waals surface area contributed by atoms with Gasteiger partial charge >= 0.3 is 5.97 Å².